The van der Waals surface area contributed by atoms with Crippen LogP contribution >= 0.6 is 0 Å². The summed E-state index contributed by atoms with van der Waals surface area (Å²) in [6, 6.07) is 3.40. The number of piperidine rings is 1. The van der Waals surface area contributed by atoms with Gasteiger partial charge >= 0.3 is 0 Å². The van der Waals surface area contributed by atoms with Gasteiger partial charge in [0.25, 0.3) is 5.91 Å². The largest absolute Gasteiger partial charge is 0.478 e. The Bertz CT molecular complexity index is 685. The lowest BCUT2D eigenvalue weighted by Crippen LogP contribution is -2.39. The summed E-state index contributed by atoms with van der Waals surface area (Å²) in [7, 11) is 0. The van der Waals surface area contributed by atoms with Gasteiger partial charge in [-0.15, -0.1) is 0 Å². The molecule has 1 aliphatic heterocycles. The summed E-state index contributed by atoms with van der Waals surface area (Å²) in [4.78, 5) is 22.9. The number of amides is 1. The van der Waals surface area contributed by atoms with Crippen LogP contribution in [0.15, 0.2) is 22.9 Å². The summed E-state index contributed by atoms with van der Waals surface area (Å²) < 4.78 is 10.4. The first-order chi connectivity index (χ1) is 11.2. The molecule has 0 unspecified atom stereocenters. The van der Waals surface area contributed by atoms with E-state index in [2.05, 4.69) is 15.1 Å². The van der Waals surface area contributed by atoms with E-state index in [0.717, 1.165) is 19.4 Å². The summed E-state index contributed by atoms with van der Waals surface area (Å²) >= 11 is 0. The van der Waals surface area contributed by atoms with Crippen LogP contribution in [0.4, 0.5) is 0 Å². The fraction of sp³-hybridized carbons (Fsp3) is 0.500. The fourth-order valence-electron chi connectivity index (χ4n) is 2.80. The molecule has 1 atom stereocenters. The molecule has 0 spiro atoms. The molecule has 0 bridgehead atoms. The zero-order chi connectivity index (χ0) is 16.2. The highest BCUT2D eigenvalue weighted by Crippen LogP contribution is 2.26. The van der Waals surface area contributed by atoms with Gasteiger partial charge in [-0.3, -0.25) is 4.79 Å². The molecular weight excluding hydrogens is 296 g/mol. The Labute approximate surface area is 134 Å². The number of likely N-dealkylation sites (tertiary alicyclic amines) is 1. The van der Waals surface area contributed by atoms with Gasteiger partial charge in [0.15, 0.2) is 5.82 Å². The quantitative estimate of drug-likeness (QED) is 0.860. The van der Waals surface area contributed by atoms with Crippen LogP contribution in [-0.2, 0) is 0 Å². The van der Waals surface area contributed by atoms with Crippen LogP contribution in [0, 0.1) is 6.92 Å². The summed E-state index contributed by atoms with van der Waals surface area (Å²) in [5.41, 5.74) is 0.591. The van der Waals surface area contributed by atoms with Crippen LogP contribution in [-0.4, -0.2) is 45.6 Å². The number of nitrogens with zero attached hydrogens (tertiary/aromatic N) is 4. The molecule has 2 aromatic heterocycles. The maximum absolute atomic E-state index is 12.7. The Morgan fingerprint density at radius 3 is 3.13 bits per heavy atom. The maximum Gasteiger partial charge on any atom is 0.254 e. The highest BCUT2D eigenvalue weighted by molar-refractivity contribution is 5.94. The molecule has 1 aliphatic rings. The number of ether oxygens (including phenoxy) is 1. The standard InChI is InChI=1S/C16H20N4O3/c1-3-22-14-9-12(6-7-17-14)16(21)20-8-4-5-13(10-20)15-18-11(2)23-19-15/h6-7,9,13H,3-5,8,10H2,1-2H3/t13-/m1/s1. The van der Waals surface area contributed by atoms with Gasteiger partial charge in [-0.2, -0.15) is 4.98 Å². The normalized spacial score (nSPS) is 18.0. The van der Waals surface area contributed by atoms with Crippen LogP contribution in [0.1, 0.15) is 47.8 Å². The molecule has 0 saturated carbocycles. The van der Waals surface area contributed by atoms with Gasteiger partial charge < -0.3 is 14.2 Å². The van der Waals surface area contributed by atoms with Crippen molar-refractivity contribution in [1.29, 1.82) is 0 Å². The van der Waals surface area contributed by atoms with Gasteiger partial charge in [0.2, 0.25) is 11.8 Å². The molecule has 0 N–H and O–H groups in total. The second kappa shape index (κ2) is 6.76. The molecule has 3 heterocycles. The summed E-state index contributed by atoms with van der Waals surface area (Å²) in [5, 5.41) is 3.99. The number of pyridine rings is 1. The second-order valence-corrected chi connectivity index (χ2v) is 5.58. The molecule has 2 aromatic rings. The van der Waals surface area contributed by atoms with Gasteiger partial charge in [-0.1, -0.05) is 5.16 Å². The highest BCUT2D eigenvalue weighted by Gasteiger charge is 2.28. The lowest BCUT2D eigenvalue weighted by atomic mass is 9.97. The van der Waals surface area contributed by atoms with E-state index in [-0.39, 0.29) is 11.8 Å². The average molecular weight is 316 g/mol. The van der Waals surface area contributed by atoms with Crippen LogP contribution in [0.3, 0.4) is 0 Å². The number of carbonyl (C=O) groups excluding carboxylic acids is 1. The van der Waals surface area contributed by atoms with Crippen molar-refractivity contribution >= 4 is 5.91 Å². The van der Waals surface area contributed by atoms with Gasteiger partial charge in [-0.25, -0.2) is 4.98 Å². The topological polar surface area (TPSA) is 81.4 Å². The molecule has 122 valence electrons. The third kappa shape index (κ3) is 3.49. The van der Waals surface area contributed by atoms with Crippen molar-refractivity contribution in [2.24, 2.45) is 0 Å². The average Bonchev–Trinajstić information content (AvgIpc) is 3.01. The van der Waals surface area contributed by atoms with Crippen molar-refractivity contribution in [3.63, 3.8) is 0 Å². The van der Waals surface area contributed by atoms with E-state index in [1.807, 2.05) is 11.8 Å². The fourth-order valence-corrected chi connectivity index (χ4v) is 2.80. The van der Waals surface area contributed by atoms with Gasteiger partial charge in [0.05, 0.1) is 6.61 Å². The smallest absolute Gasteiger partial charge is 0.254 e. The number of carbonyl (C=O) groups is 1. The van der Waals surface area contributed by atoms with Crippen molar-refractivity contribution in [2.75, 3.05) is 19.7 Å². The third-order valence-corrected chi connectivity index (χ3v) is 3.89. The summed E-state index contributed by atoms with van der Waals surface area (Å²) in [6.45, 7) is 5.52. The SMILES string of the molecule is CCOc1cc(C(=O)N2CCC[C@@H](c3noc(C)n3)C2)ccn1. The Morgan fingerprint density at radius 1 is 1.52 bits per heavy atom. The van der Waals surface area contributed by atoms with E-state index < -0.39 is 0 Å². The number of aryl methyl sites for hydroxylation is 1. The monoisotopic (exact) mass is 316 g/mol. The number of aromatic nitrogens is 3. The predicted octanol–water partition coefficient (Wildman–Crippen LogP) is 2.19. The Kier molecular flexibility index (Phi) is 4.55. The zero-order valence-electron chi connectivity index (χ0n) is 13.4. The summed E-state index contributed by atoms with van der Waals surface area (Å²) in [5.74, 6) is 1.82. The van der Waals surface area contributed by atoms with Crippen molar-refractivity contribution in [2.45, 2.75) is 32.6 Å². The second-order valence-electron chi connectivity index (χ2n) is 5.58. The Hall–Kier alpha value is -2.44. The first kappa shape index (κ1) is 15.5. The first-order valence-electron chi connectivity index (χ1n) is 7.85. The maximum atomic E-state index is 12.7. The Morgan fingerprint density at radius 2 is 2.39 bits per heavy atom. The van der Waals surface area contributed by atoms with E-state index in [4.69, 9.17) is 9.26 Å². The van der Waals surface area contributed by atoms with Crippen molar-refractivity contribution in [3.05, 3.63) is 35.6 Å². The molecule has 0 aliphatic carbocycles. The molecule has 7 heteroatoms. The van der Waals surface area contributed by atoms with Crippen molar-refractivity contribution < 1.29 is 14.1 Å². The predicted molar refractivity (Wildman–Crippen MR) is 82.3 cm³/mol. The van der Waals surface area contributed by atoms with Gasteiger partial charge in [0.1, 0.15) is 0 Å². The first-order valence-corrected chi connectivity index (χ1v) is 7.85. The Balaban J connectivity index is 1.73. The number of hydrogen-bond acceptors (Lipinski definition) is 6. The molecule has 3 rings (SSSR count). The van der Waals surface area contributed by atoms with E-state index in [1.165, 1.54) is 0 Å². The molecule has 23 heavy (non-hydrogen) atoms. The third-order valence-electron chi connectivity index (χ3n) is 3.89. The minimum Gasteiger partial charge on any atom is -0.478 e. The van der Waals surface area contributed by atoms with Gasteiger partial charge in [0, 0.05) is 43.8 Å². The number of hydrogen-bond donors (Lipinski definition) is 0. The molecule has 1 fully saturated rings. The van der Waals surface area contributed by atoms with Crippen molar-refractivity contribution in [3.8, 4) is 5.88 Å². The molecule has 0 radical (unpaired) electrons. The van der Waals surface area contributed by atoms with Crippen LogP contribution in [0.25, 0.3) is 0 Å². The van der Waals surface area contributed by atoms with Crippen LogP contribution in [0.2, 0.25) is 0 Å². The molecule has 7 nitrogen and oxygen atoms in total. The van der Waals surface area contributed by atoms with Crippen LogP contribution in [0.5, 0.6) is 5.88 Å². The van der Waals surface area contributed by atoms with E-state index in [1.54, 1.807) is 25.3 Å². The lowest BCUT2D eigenvalue weighted by Gasteiger charge is -2.31. The minimum atomic E-state index is -0.0155. The van der Waals surface area contributed by atoms with Crippen molar-refractivity contribution in [1.82, 2.24) is 20.0 Å². The highest BCUT2D eigenvalue weighted by atomic mass is 16.5. The van der Waals surface area contributed by atoms with E-state index in [9.17, 15) is 4.79 Å². The van der Waals surface area contributed by atoms with Crippen LogP contribution < -0.4 is 4.74 Å². The number of rotatable bonds is 4. The van der Waals surface area contributed by atoms with E-state index >= 15 is 0 Å². The minimum absolute atomic E-state index is 0.0155. The van der Waals surface area contributed by atoms with Gasteiger partial charge in [-0.05, 0) is 25.8 Å². The summed E-state index contributed by atoms with van der Waals surface area (Å²) in [6.07, 6.45) is 3.49. The lowest BCUT2D eigenvalue weighted by molar-refractivity contribution is 0.0703. The molecule has 0 aromatic carbocycles. The van der Waals surface area contributed by atoms with E-state index in [0.29, 0.717) is 36.3 Å². The molecule has 1 saturated heterocycles. The molecular formula is C16H20N4O3. The molecule has 1 amide bonds. The zero-order valence-corrected chi connectivity index (χ0v) is 13.4.